The number of aromatic nitrogens is 1. The predicted molar refractivity (Wildman–Crippen MR) is 107 cm³/mol. The molecule has 0 aliphatic carbocycles. The topological polar surface area (TPSA) is 95.4 Å². The van der Waals surface area contributed by atoms with Crippen LogP contribution in [-0.2, 0) is 15.2 Å². The Balaban J connectivity index is 2.11. The Morgan fingerprint density at radius 2 is 2.24 bits per heavy atom. The number of hydrogen-bond donors (Lipinski definition) is 1. The number of nitriles is 1. The van der Waals surface area contributed by atoms with Crippen LogP contribution in [0.25, 0.3) is 10.4 Å². The molecule has 0 saturated heterocycles. The fraction of sp³-hybridized carbons (Fsp3) is 0.250. The van der Waals surface area contributed by atoms with Gasteiger partial charge >= 0.3 is 0 Å². The van der Waals surface area contributed by atoms with Crippen LogP contribution < -0.4 is 5.73 Å². The molecule has 0 spiro atoms. The monoisotopic (exact) mass is 437 g/mol. The Hall–Kier alpha value is -1.89. The second kappa shape index (κ2) is 6.12. The van der Waals surface area contributed by atoms with E-state index in [4.69, 9.17) is 11.0 Å². The highest BCUT2D eigenvalue weighted by atomic mass is 79.9. The molecule has 1 aliphatic heterocycles. The van der Waals surface area contributed by atoms with Crippen molar-refractivity contribution in [2.75, 3.05) is 12.8 Å². The molecular formula is C16H16BrN5OS2. The number of nitrogens with zero attached hydrogens (tertiary/aromatic N) is 4. The van der Waals surface area contributed by atoms with Crippen molar-refractivity contribution < 1.29 is 4.21 Å². The fourth-order valence-electron chi connectivity index (χ4n) is 2.69. The van der Waals surface area contributed by atoms with E-state index in [9.17, 15) is 4.21 Å². The van der Waals surface area contributed by atoms with Gasteiger partial charge in [-0.1, -0.05) is 0 Å². The maximum atomic E-state index is 12.8. The Bertz CT molecular complexity index is 1020. The molecule has 2 aromatic heterocycles. The minimum Gasteiger partial charge on any atom is -0.369 e. The van der Waals surface area contributed by atoms with Crippen molar-refractivity contribution in [2.24, 2.45) is 10.7 Å². The van der Waals surface area contributed by atoms with Crippen molar-refractivity contribution in [3.05, 3.63) is 39.4 Å². The average Bonchev–Trinajstić information content (AvgIpc) is 2.95. The summed E-state index contributed by atoms with van der Waals surface area (Å²) in [7, 11) is -0.901. The molecule has 1 aliphatic rings. The largest absolute Gasteiger partial charge is 0.369 e. The van der Waals surface area contributed by atoms with E-state index < -0.39 is 15.2 Å². The molecule has 0 amide bonds. The van der Waals surface area contributed by atoms with Crippen molar-refractivity contribution in [3.8, 4) is 16.5 Å². The third kappa shape index (κ3) is 3.17. The summed E-state index contributed by atoms with van der Waals surface area (Å²) in [4.78, 5) is 10.5. The zero-order valence-corrected chi connectivity index (χ0v) is 16.9. The Morgan fingerprint density at radius 3 is 2.88 bits per heavy atom. The molecule has 0 saturated carbocycles. The third-order valence-corrected chi connectivity index (χ3v) is 8.54. The first-order valence-electron chi connectivity index (χ1n) is 7.26. The number of guanidine groups is 1. The van der Waals surface area contributed by atoms with Gasteiger partial charge in [0.15, 0.2) is 0 Å². The smallest absolute Gasteiger partial charge is 0.203 e. The molecule has 3 rings (SSSR count). The lowest BCUT2D eigenvalue weighted by atomic mass is 10.0. The van der Waals surface area contributed by atoms with Gasteiger partial charge in [-0.05, 0) is 40.9 Å². The van der Waals surface area contributed by atoms with Crippen molar-refractivity contribution >= 4 is 48.8 Å². The van der Waals surface area contributed by atoms with E-state index in [1.807, 2.05) is 13.0 Å². The molecule has 6 nitrogen and oxygen atoms in total. The van der Waals surface area contributed by atoms with Crippen LogP contribution in [0.1, 0.15) is 17.4 Å². The molecular weight excluding hydrogens is 422 g/mol. The highest BCUT2D eigenvalue weighted by Gasteiger charge is 2.39. The van der Waals surface area contributed by atoms with E-state index in [-0.39, 0.29) is 11.7 Å². The van der Waals surface area contributed by atoms with Crippen molar-refractivity contribution in [1.82, 2.24) is 9.29 Å². The van der Waals surface area contributed by atoms with Crippen LogP contribution in [0.2, 0.25) is 0 Å². The van der Waals surface area contributed by atoms with Crippen LogP contribution in [0, 0.1) is 11.3 Å². The van der Waals surface area contributed by atoms with Crippen LogP contribution in [0.4, 0.5) is 0 Å². The SMILES string of the molecule is C=S1(=O)C[C@@](C)(c2sc(-c3cncc(C#N)c3)cc2Br)N=C(N)N1C. The van der Waals surface area contributed by atoms with Gasteiger partial charge in [-0.2, -0.15) is 5.26 Å². The first kappa shape index (κ1) is 17.9. The van der Waals surface area contributed by atoms with Gasteiger partial charge < -0.3 is 5.73 Å². The molecule has 2 atom stereocenters. The van der Waals surface area contributed by atoms with Crippen molar-refractivity contribution in [1.29, 1.82) is 5.26 Å². The van der Waals surface area contributed by atoms with Gasteiger partial charge in [0.2, 0.25) is 5.96 Å². The van der Waals surface area contributed by atoms with Crippen molar-refractivity contribution in [3.63, 3.8) is 0 Å². The van der Waals surface area contributed by atoms with E-state index in [0.29, 0.717) is 5.56 Å². The highest BCUT2D eigenvalue weighted by Crippen LogP contribution is 2.44. The molecule has 130 valence electrons. The molecule has 9 heteroatoms. The van der Waals surface area contributed by atoms with E-state index in [1.165, 1.54) is 21.8 Å². The minimum absolute atomic E-state index is 0.212. The standard InChI is InChI=1S/C16H16BrN5OS2/c1-16(9-25(3,23)22(2)15(19)21-16)14-12(17)5-13(24-14)11-4-10(6-18)7-20-8-11/h4-5,7-8H,3,9H2,1-2H3,(H2,19,21)/t16-,25?/m0/s1. The number of aliphatic imine (C=N–C) groups is 1. The predicted octanol–water partition coefficient (Wildman–Crippen LogP) is 2.55. The lowest BCUT2D eigenvalue weighted by Crippen LogP contribution is -2.50. The van der Waals surface area contributed by atoms with Gasteiger partial charge in [-0.25, -0.2) is 9.20 Å². The lowest BCUT2D eigenvalue weighted by molar-refractivity contribution is 0.520. The van der Waals surface area contributed by atoms with Crippen LogP contribution in [0.3, 0.4) is 0 Å². The maximum Gasteiger partial charge on any atom is 0.203 e. The quantitative estimate of drug-likeness (QED) is 0.729. The molecule has 1 unspecified atom stereocenters. The first-order valence-corrected chi connectivity index (χ1v) is 10.7. The number of nitrogens with two attached hydrogens (primary N) is 1. The summed E-state index contributed by atoms with van der Waals surface area (Å²) >= 11 is 5.09. The molecule has 2 N–H and O–H groups in total. The van der Waals surface area contributed by atoms with Gasteiger partial charge in [0.25, 0.3) is 0 Å². The number of hydrogen-bond acceptors (Lipinski definition) is 6. The van der Waals surface area contributed by atoms with E-state index in [0.717, 1.165) is 19.8 Å². The van der Waals surface area contributed by atoms with Gasteiger partial charge in [0.05, 0.1) is 21.0 Å². The Kier molecular flexibility index (Phi) is 4.39. The zero-order valence-electron chi connectivity index (χ0n) is 13.7. The number of pyridine rings is 1. The average molecular weight is 438 g/mol. The summed E-state index contributed by atoms with van der Waals surface area (Å²) in [6.45, 7) is 1.90. The first-order chi connectivity index (χ1) is 11.7. The molecule has 0 fully saturated rings. The highest BCUT2D eigenvalue weighted by molar-refractivity contribution is 9.10. The Morgan fingerprint density at radius 1 is 1.52 bits per heavy atom. The summed E-state index contributed by atoms with van der Waals surface area (Å²) < 4.78 is 15.1. The molecule has 0 bridgehead atoms. The molecule has 0 aromatic carbocycles. The minimum atomic E-state index is -2.54. The summed E-state index contributed by atoms with van der Waals surface area (Å²) in [5.74, 6) is 4.32. The normalized spacial score (nSPS) is 26.2. The summed E-state index contributed by atoms with van der Waals surface area (Å²) in [6, 6.07) is 5.83. The third-order valence-electron chi connectivity index (χ3n) is 4.02. The molecule has 25 heavy (non-hydrogen) atoms. The summed E-state index contributed by atoms with van der Waals surface area (Å²) in [5.41, 5.74) is 6.58. The van der Waals surface area contributed by atoms with Crippen molar-refractivity contribution in [2.45, 2.75) is 12.5 Å². The molecule has 3 heterocycles. The summed E-state index contributed by atoms with van der Waals surface area (Å²) in [5, 5.41) is 9.05. The second-order valence-corrected chi connectivity index (χ2v) is 10.3. The fourth-order valence-corrected chi connectivity index (χ4v) is 6.62. The van der Waals surface area contributed by atoms with E-state index in [1.54, 1.807) is 19.3 Å². The lowest BCUT2D eigenvalue weighted by Gasteiger charge is -2.36. The second-order valence-electron chi connectivity index (χ2n) is 6.02. The number of halogens is 1. The maximum absolute atomic E-state index is 12.8. The Labute approximate surface area is 159 Å². The van der Waals surface area contributed by atoms with Crippen LogP contribution in [0.15, 0.2) is 34.0 Å². The van der Waals surface area contributed by atoms with Gasteiger partial charge in [0, 0.05) is 39.2 Å². The summed E-state index contributed by atoms with van der Waals surface area (Å²) in [6.07, 6.45) is 3.23. The van der Waals surface area contributed by atoms with E-state index in [2.05, 4.69) is 37.8 Å². The van der Waals surface area contributed by atoms with Gasteiger partial charge in [0.1, 0.15) is 11.6 Å². The number of rotatable bonds is 2. The van der Waals surface area contributed by atoms with Crippen LogP contribution in [0.5, 0.6) is 0 Å². The van der Waals surface area contributed by atoms with Crippen LogP contribution in [-0.4, -0.2) is 38.1 Å². The zero-order chi connectivity index (χ0) is 18.4. The van der Waals surface area contributed by atoms with Crippen LogP contribution >= 0.6 is 27.3 Å². The van der Waals surface area contributed by atoms with E-state index >= 15 is 0 Å². The molecule has 0 radical (unpaired) electrons. The number of thiophene rings is 1. The molecule has 2 aromatic rings. The van der Waals surface area contributed by atoms with Gasteiger partial charge in [-0.3, -0.25) is 9.29 Å². The van der Waals surface area contributed by atoms with Gasteiger partial charge in [-0.15, -0.1) is 11.3 Å².